The Kier molecular flexibility index (Phi) is 3.84. The molecule has 0 spiro atoms. The average Bonchev–Trinajstić information content (AvgIpc) is 3.53. The number of imide groups is 1. The summed E-state index contributed by atoms with van der Waals surface area (Å²) in [6, 6.07) is 13.5. The molecular weight excluding hydrogens is 446 g/mol. The van der Waals surface area contributed by atoms with E-state index in [2.05, 4.69) is 28.1 Å². The van der Waals surface area contributed by atoms with Crippen molar-refractivity contribution >= 4 is 39.4 Å². The van der Waals surface area contributed by atoms with Gasteiger partial charge in [-0.3, -0.25) is 9.59 Å². The standard InChI is InChI=1S/C24H18BrNO4/c25-13-4-6-15(7-5-13)30-24(29)12-2-1-3-14(10-12)26-22(27)20-16-8-9-17(19-11-18(16)19)21(20)23(26)28/h1-10,16-21H,11H2/t16-,17-,18-,19-,20-,21+/m0/s1. The highest BCUT2D eigenvalue weighted by atomic mass is 79.9. The molecule has 0 N–H and O–H groups in total. The van der Waals surface area contributed by atoms with E-state index >= 15 is 0 Å². The molecule has 3 fully saturated rings. The van der Waals surface area contributed by atoms with Crippen LogP contribution in [-0.2, 0) is 9.59 Å². The first-order valence-corrected chi connectivity index (χ1v) is 11.0. The van der Waals surface area contributed by atoms with Crippen molar-refractivity contribution < 1.29 is 19.1 Å². The molecule has 0 radical (unpaired) electrons. The van der Waals surface area contributed by atoms with Crippen LogP contribution in [0.2, 0.25) is 0 Å². The summed E-state index contributed by atoms with van der Waals surface area (Å²) in [5.41, 5.74) is 0.743. The van der Waals surface area contributed by atoms with Gasteiger partial charge in [0, 0.05) is 4.47 Å². The van der Waals surface area contributed by atoms with E-state index in [9.17, 15) is 14.4 Å². The molecule has 1 aliphatic heterocycles. The van der Waals surface area contributed by atoms with Crippen molar-refractivity contribution in [2.45, 2.75) is 6.42 Å². The van der Waals surface area contributed by atoms with E-state index in [0.717, 1.165) is 10.9 Å². The summed E-state index contributed by atoms with van der Waals surface area (Å²) in [6.07, 6.45) is 5.44. The fourth-order valence-electron chi connectivity index (χ4n) is 5.65. The lowest BCUT2D eigenvalue weighted by atomic mass is 9.63. The first-order chi connectivity index (χ1) is 14.5. The van der Waals surface area contributed by atoms with Crippen molar-refractivity contribution in [3.8, 4) is 5.75 Å². The summed E-state index contributed by atoms with van der Waals surface area (Å²) in [7, 11) is 0. The van der Waals surface area contributed by atoms with E-state index in [4.69, 9.17) is 4.74 Å². The van der Waals surface area contributed by atoms with Crippen LogP contribution in [0.3, 0.4) is 0 Å². The third-order valence-electron chi connectivity index (χ3n) is 7.03. The third kappa shape index (κ3) is 2.56. The SMILES string of the molecule is O=C(Oc1ccc(Br)cc1)c1cccc(N2C(=O)[C@@H]3[C@H]4C=C[C@@H]([C@@H]5C[C@@H]45)[C@@H]3C2=O)c1. The molecule has 2 aromatic carbocycles. The zero-order chi connectivity index (χ0) is 20.6. The van der Waals surface area contributed by atoms with E-state index in [1.807, 2.05) is 0 Å². The molecule has 2 aromatic rings. The van der Waals surface area contributed by atoms with Crippen molar-refractivity contribution in [3.63, 3.8) is 0 Å². The highest BCUT2D eigenvalue weighted by Crippen LogP contribution is 2.65. The fraction of sp³-hybridized carbons (Fsp3) is 0.292. The molecule has 150 valence electrons. The van der Waals surface area contributed by atoms with Crippen LogP contribution in [0.15, 0.2) is 65.2 Å². The van der Waals surface area contributed by atoms with Gasteiger partial charge in [-0.25, -0.2) is 9.69 Å². The molecule has 1 heterocycles. The third-order valence-corrected chi connectivity index (χ3v) is 7.56. The molecular formula is C24H18BrNO4. The Morgan fingerprint density at radius 3 is 2.20 bits per heavy atom. The lowest BCUT2D eigenvalue weighted by Crippen LogP contribution is -2.40. The molecule has 6 heteroatoms. The molecule has 0 unspecified atom stereocenters. The quantitative estimate of drug-likeness (QED) is 0.295. The summed E-state index contributed by atoms with van der Waals surface area (Å²) >= 11 is 3.35. The van der Waals surface area contributed by atoms with Crippen molar-refractivity contribution in [1.29, 1.82) is 0 Å². The number of halogens is 1. The van der Waals surface area contributed by atoms with Gasteiger partial charge < -0.3 is 4.74 Å². The van der Waals surface area contributed by atoms with Gasteiger partial charge in [0.15, 0.2) is 0 Å². The molecule has 7 rings (SSSR count). The monoisotopic (exact) mass is 463 g/mol. The molecule has 2 bridgehead atoms. The minimum atomic E-state index is -0.529. The molecule has 5 nitrogen and oxygen atoms in total. The Hall–Kier alpha value is -2.73. The van der Waals surface area contributed by atoms with E-state index in [1.165, 1.54) is 4.90 Å². The van der Waals surface area contributed by atoms with E-state index in [1.54, 1.807) is 48.5 Å². The minimum absolute atomic E-state index is 0.131. The van der Waals surface area contributed by atoms with Gasteiger partial charge in [-0.1, -0.05) is 34.1 Å². The fourth-order valence-corrected chi connectivity index (χ4v) is 5.92. The normalized spacial score (nSPS) is 32.8. The molecule has 4 aliphatic carbocycles. The van der Waals surface area contributed by atoms with Gasteiger partial charge in [-0.2, -0.15) is 0 Å². The summed E-state index contributed by atoms with van der Waals surface area (Å²) in [5.74, 6) is 0.600. The van der Waals surface area contributed by atoms with E-state index < -0.39 is 5.97 Å². The molecule has 6 atom stereocenters. The average molecular weight is 464 g/mol. The number of carbonyl (C=O) groups is 3. The second-order valence-electron chi connectivity index (χ2n) is 8.56. The first kappa shape index (κ1) is 18.1. The van der Waals surface area contributed by atoms with Gasteiger partial charge in [-0.15, -0.1) is 0 Å². The van der Waals surface area contributed by atoms with Crippen molar-refractivity contribution in [3.05, 3.63) is 70.7 Å². The molecule has 0 aromatic heterocycles. The molecule has 5 aliphatic rings. The zero-order valence-corrected chi connectivity index (χ0v) is 17.5. The maximum absolute atomic E-state index is 13.3. The molecule has 30 heavy (non-hydrogen) atoms. The van der Waals surface area contributed by atoms with Crippen LogP contribution < -0.4 is 9.64 Å². The first-order valence-electron chi connectivity index (χ1n) is 10.2. The van der Waals surface area contributed by atoms with Gasteiger partial charge >= 0.3 is 5.97 Å². The second-order valence-corrected chi connectivity index (χ2v) is 9.48. The topological polar surface area (TPSA) is 63.7 Å². The van der Waals surface area contributed by atoms with Crippen LogP contribution in [0.1, 0.15) is 16.8 Å². The zero-order valence-electron chi connectivity index (χ0n) is 15.9. The number of nitrogens with zero attached hydrogens (tertiary/aromatic N) is 1. The predicted octanol–water partition coefficient (Wildman–Crippen LogP) is 4.23. The Labute approximate surface area is 181 Å². The maximum Gasteiger partial charge on any atom is 0.343 e. The summed E-state index contributed by atoms with van der Waals surface area (Å²) < 4.78 is 6.31. The summed E-state index contributed by atoms with van der Waals surface area (Å²) in [5, 5.41) is 0. The lowest BCUT2D eigenvalue weighted by Gasteiger charge is -2.37. The van der Waals surface area contributed by atoms with E-state index in [-0.39, 0.29) is 35.5 Å². The highest BCUT2D eigenvalue weighted by Gasteiger charge is 2.67. The van der Waals surface area contributed by atoms with Crippen LogP contribution >= 0.6 is 15.9 Å². The van der Waals surface area contributed by atoms with Crippen LogP contribution in [0.5, 0.6) is 5.75 Å². The number of amides is 2. The number of ether oxygens (including phenoxy) is 1. The van der Waals surface area contributed by atoms with Crippen molar-refractivity contribution in [2.75, 3.05) is 4.90 Å². The second kappa shape index (κ2) is 6.38. The summed E-state index contributed by atoms with van der Waals surface area (Å²) in [6.45, 7) is 0. The van der Waals surface area contributed by atoms with Gasteiger partial charge in [-0.05, 0) is 72.6 Å². The maximum atomic E-state index is 13.3. The summed E-state index contributed by atoms with van der Waals surface area (Å²) in [4.78, 5) is 40.4. The number of rotatable bonds is 3. The Balaban J connectivity index is 1.28. The van der Waals surface area contributed by atoms with Gasteiger partial charge in [0.25, 0.3) is 0 Å². The smallest absolute Gasteiger partial charge is 0.343 e. The number of benzene rings is 2. The number of allylic oxidation sites excluding steroid dienone is 2. The Morgan fingerprint density at radius 2 is 1.57 bits per heavy atom. The number of carbonyl (C=O) groups excluding carboxylic acids is 3. The van der Waals surface area contributed by atoms with Crippen molar-refractivity contribution in [2.24, 2.45) is 35.5 Å². The number of esters is 1. The lowest BCUT2D eigenvalue weighted by molar-refractivity contribution is -0.124. The number of anilines is 1. The van der Waals surface area contributed by atoms with Crippen LogP contribution in [0, 0.1) is 35.5 Å². The number of hydrogen-bond acceptors (Lipinski definition) is 4. The van der Waals surface area contributed by atoms with Gasteiger partial charge in [0.05, 0.1) is 23.1 Å². The van der Waals surface area contributed by atoms with E-state index in [0.29, 0.717) is 28.8 Å². The molecule has 1 saturated heterocycles. The van der Waals surface area contributed by atoms with Crippen molar-refractivity contribution in [1.82, 2.24) is 0 Å². The molecule has 2 amide bonds. The largest absolute Gasteiger partial charge is 0.423 e. The van der Waals surface area contributed by atoms with Gasteiger partial charge in [0.1, 0.15) is 5.75 Å². The Morgan fingerprint density at radius 1 is 0.933 bits per heavy atom. The van der Waals surface area contributed by atoms with Crippen LogP contribution in [0.25, 0.3) is 0 Å². The van der Waals surface area contributed by atoms with Gasteiger partial charge in [0.2, 0.25) is 11.8 Å². The van der Waals surface area contributed by atoms with Crippen LogP contribution in [-0.4, -0.2) is 17.8 Å². The Bertz CT molecular complexity index is 1090. The highest BCUT2D eigenvalue weighted by molar-refractivity contribution is 9.10. The van der Waals surface area contributed by atoms with Crippen LogP contribution in [0.4, 0.5) is 5.69 Å². The number of hydrogen-bond donors (Lipinski definition) is 0. The minimum Gasteiger partial charge on any atom is -0.423 e. The predicted molar refractivity (Wildman–Crippen MR) is 113 cm³/mol. The molecule has 2 saturated carbocycles.